The molecule has 0 bridgehead atoms. The Balaban J connectivity index is 1.56. The molecule has 1 saturated heterocycles. The Labute approximate surface area is 175 Å². The Hall–Kier alpha value is -3.03. The Bertz CT molecular complexity index is 1230. The van der Waals surface area contributed by atoms with Gasteiger partial charge in [0.15, 0.2) is 11.5 Å². The molecule has 7 nitrogen and oxygen atoms in total. The molecule has 4 aromatic rings. The van der Waals surface area contributed by atoms with Gasteiger partial charge in [-0.05, 0) is 44.0 Å². The van der Waals surface area contributed by atoms with E-state index >= 15 is 0 Å². The molecule has 0 unspecified atom stereocenters. The summed E-state index contributed by atoms with van der Waals surface area (Å²) in [7, 11) is 1.66. The SMILES string of the molecule is COc1cccc2ccc(-c3nnc4ccc([C@@H](C)N5CC[C@](C)(N)C5)cn34)nc12. The number of methoxy groups -OCH3 is 1. The first-order valence-electron chi connectivity index (χ1n) is 10.3. The maximum atomic E-state index is 6.34. The Kier molecular flexibility index (Phi) is 4.45. The van der Waals surface area contributed by atoms with Crippen LogP contribution in [0.2, 0.25) is 0 Å². The smallest absolute Gasteiger partial charge is 0.187 e. The van der Waals surface area contributed by atoms with Gasteiger partial charge in [-0.2, -0.15) is 0 Å². The standard InChI is InChI=1S/C23H26N6O/c1-15(28-12-11-23(2,24)14-28)17-8-10-20-26-27-22(29(20)13-17)18-9-7-16-5-4-6-19(30-3)21(16)25-18/h4-10,13,15H,11-12,14,24H2,1-3H3/t15-,23+/m1/s1. The summed E-state index contributed by atoms with van der Waals surface area (Å²) >= 11 is 0. The van der Waals surface area contributed by atoms with Gasteiger partial charge in [0.1, 0.15) is 17.0 Å². The van der Waals surface area contributed by atoms with Crippen molar-refractivity contribution in [2.45, 2.75) is 31.8 Å². The van der Waals surface area contributed by atoms with Crippen LogP contribution in [0.15, 0.2) is 48.7 Å². The van der Waals surface area contributed by atoms with Crippen LogP contribution < -0.4 is 10.5 Å². The largest absolute Gasteiger partial charge is 0.494 e. The summed E-state index contributed by atoms with van der Waals surface area (Å²) in [6, 6.07) is 14.3. The van der Waals surface area contributed by atoms with Crippen molar-refractivity contribution in [2.75, 3.05) is 20.2 Å². The molecule has 1 aliphatic rings. The molecule has 4 heterocycles. The molecule has 1 fully saturated rings. The van der Waals surface area contributed by atoms with Crippen LogP contribution in [0.3, 0.4) is 0 Å². The second kappa shape index (κ2) is 7.04. The first kappa shape index (κ1) is 19.0. The molecular weight excluding hydrogens is 376 g/mol. The van der Waals surface area contributed by atoms with Gasteiger partial charge in [0.05, 0.1) is 7.11 Å². The fraction of sp³-hybridized carbons (Fsp3) is 0.348. The molecule has 0 aliphatic carbocycles. The number of nitrogens with two attached hydrogens (primary N) is 1. The zero-order valence-electron chi connectivity index (χ0n) is 17.5. The second-order valence-corrected chi connectivity index (χ2v) is 8.49. The zero-order chi connectivity index (χ0) is 20.9. The molecule has 2 atom stereocenters. The molecule has 0 spiro atoms. The number of pyridine rings is 2. The lowest BCUT2D eigenvalue weighted by molar-refractivity contribution is 0.248. The summed E-state index contributed by atoms with van der Waals surface area (Å²) in [5.41, 5.74) is 9.81. The van der Waals surface area contributed by atoms with Gasteiger partial charge < -0.3 is 10.5 Å². The number of rotatable bonds is 4. The van der Waals surface area contributed by atoms with Gasteiger partial charge in [0.2, 0.25) is 0 Å². The van der Waals surface area contributed by atoms with Crippen LogP contribution in [-0.4, -0.2) is 50.2 Å². The highest BCUT2D eigenvalue weighted by Gasteiger charge is 2.32. The van der Waals surface area contributed by atoms with Crippen molar-refractivity contribution in [3.8, 4) is 17.3 Å². The van der Waals surface area contributed by atoms with Crippen molar-refractivity contribution in [2.24, 2.45) is 5.73 Å². The second-order valence-electron chi connectivity index (χ2n) is 8.49. The average Bonchev–Trinajstić information content (AvgIpc) is 3.34. The highest BCUT2D eigenvalue weighted by Crippen LogP contribution is 2.30. The molecular formula is C23H26N6O. The normalized spacial score (nSPS) is 20.8. The molecule has 0 amide bonds. The van der Waals surface area contributed by atoms with Crippen LogP contribution in [-0.2, 0) is 0 Å². The minimum absolute atomic E-state index is 0.117. The monoisotopic (exact) mass is 402 g/mol. The molecule has 7 heteroatoms. The van der Waals surface area contributed by atoms with E-state index in [1.165, 1.54) is 5.56 Å². The summed E-state index contributed by atoms with van der Waals surface area (Å²) < 4.78 is 7.51. The number of fused-ring (bicyclic) bond motifs is 2. The molecule has 1 aliphatic heterocycles. The zero-order valence-corrected chi connectivity index (χ0v) is 17.5. The number of hydrogen-bond acceptors (Lipinski definition) is 6. The van der Waals surface area contributed by atoms with Crippen molar-refractivity contribution >= 4 is 16.6 Å². The van der Waals surface area contributed by atoms with Gasteiger partial charge in [-0.1, -0.05) is 24.3 Å². The topological polar surface area (TPSA) is 81.6 Å². The quantitative estimate of drug-likeness (QED) is 0.563. The third-order valence-electron chi connectivity index (χ3n) is 6.12. The van der Waals surface area contributed by atoms with Crippen LogP contribution in [0, 0.1) is 0 Å². The number of benzene rings is 1. The fourth-order valence-electron chi connectivity index (χ4n) is 4.30. The van der Waals surface area contributed by atoms with E-state index in [9.17, 15) is 0 Å². The molecule has 30 heavy (non-hydrogen) atoms. The third-order valence-corrected chi connectivity index (χ3v) is 6.12. The lowest BCUT2D eigenvalue weighted by atomic mass is 10.0. The summed E-state index contributed by atoms with van der Waals surface area (Å²) in [4.78, 5) is 7.27. The maximum Gasteiger partial charge on any atom is 0.187 e. The van der Waals surface area contributed by atoms with Crippen molar-refractivity contribution in [3.05, 3.63) is 54.2 Å². The lowest BCUT2D eigenvalue weighted by Gasteiger charge is -2.26. The molecule has 0 radical (unpaired) electrons. The highest BCUT2D eigenvalue weighted by atomic mass is 16.5. The predicted octanol–water partition coefficient (Wildman–Crippen LogP) is 3.44. The molecule has 1 aromatic carbocycles. The van der Waals surface area contributed by atoms with Crippen LogP contribution in [0.25, 0.3) is 28.1 Å². The van der Waals surface area contributed by atoms with E-state index in [0.29, 0.717) is 0 Å². The van der Waals surface area contributed by atoms with E-state index in [0.717, 1.165) is 53.3 Å². The van der Waals surface area contributed by atoms with Crippen molar-refractivity contribution in [3.63, 3.8) is 0 Å². The van der Waals surface area contributed by atoms with Crippen LogP contribution >= 0.6 is 0 Å². The average molecular weight is 403 g/mol. The van der Waals surface area contributed by atoms with Crippen molar-refractivity contribution in [1.29, 1.82) is 0 Å². The summed E-state index contributed by atoms with van der Waals surface area (Å²) in [6.45, 7) is 6.26. The van der Waals surface area contributed by atoms with E-state index in [-0.39, 0.29) is 11.6 Å². The van der Waals surface area contributed by atoms with Crippen LogP contribution in [0.1, 0.15) is 31.9 Å². The predicted molar refractivity (Wildman–Crippen MR) is 117 cm³/mol. The van der Waals surface area contributed by atoms with E-state index in [2.05, 4.69) is 41.2 Å². The van der Waals surface area contributed by atoms with Gasteiger partial charge in [-0.15, -0.1) is 10.2 Å². The van der Waals surface area contributed by atoms with Crippen molar-refractivity contribution in [1.82, 2.24) is 24.5 Å². The Morgan fingerprint density at radius 3 is 2.77 bits per heavy atom. The highest BCUT2D eigenvalue weighted by molar-refractivity contribution is 5.86. The van der Waals surface area contributed by atoms with Gasteiger partial charge in [-0.3, -0.25) is 9.30 Å². The lowest BCUT2D eigenvalue weighted by Crippen LogP contribution is -2.39. The molecule has 0 saturated carbocycles. The van der Waals surface area contributed by atoms with Crippen LogP contribution in [0.5, 0.6) is 5.75 Å². The first-order chi connectivity index (χ1) is 14.4. The number of ether oxygens (including phenoxy) is 1. The van der Waals surface area contributed by atoms with Crippen molar-refractivity contribution < 1.29 is 4.74 Å². The van der Waals surface area contributed by atoms with Gasteiger partial charge in [-0.25, -0.2) is 4.98 Å². The third kappa shape index (κ3) is 3.20. The minimum atomic E-state index is -0.117. The molecule has 154 valence electrons. The summed E-state index contributed by atoms with van der Waals surface area (Å²) in [6.07, 6.45) is 3.13. The van der Waals surface area contributed by atoms with Crippen LogP contribution in [0.4, 0.5) is 0 Å². The number of hydrogen-bond donors (Lipinski definition) is 1. The number of para-hydroxylation sites is 1. The van der Waals surface area contributed by atoms with E-state index < -0.39 is 0 Å². The Morgan fingerprint density at radius 1 is 1.13 bits per heavy atom. The van der Waals surface area contributed by atoms with E-state index in [1.807, 2.05) is 40.8 Å². The molecule has 3 aromatic heterocycles. The summed E-state index contributed by atoms with van der Waals surface area (Å²) in [5, 5.41) is 9.80. The Morgan fingerprint density at radius 2 is 2.00 bits per heavy atom. The fourth-order valence-corrected chi connectivity index (χ4v) is 4.30. The van der Waals surface area contributed by atoms with Gasteiger partial charge in [0, 0.05) is 36.3 Å². The van der Waals surface area contributed by atoms with E-state index in [1.54, 1.807) is 7.11 Å². The van der Waals surface area contributed by atoms with Gasteiger partial charge >= 0.3 is 0 Å². The first-order valence-corrected chi connectivity index (χ1v) is 10.3. The minimum Gasteiger partial charge on any atom is -0.494 e. The number of aromatic nitrogens is 4. The molecule has 2 N–H and O–H groups in total. The molecule has 5 rings (SSSR count). The number of nitrogens with zero attached hydrogens (tertiary/aromatic N) is 5. The van der Waals surface area contributed by atoms with E-state index in [4.69, 9.17) is 15.5 Å². The maximum absolute atomic E-state index is 6.34. The van der Waals surface area contributed by atoms with Gasteiger partial charge in [0.25, 0.3) is 0 Å². The number of likely N-dealkylation sites (tertiary alicyclic amines) is 1. The summed E-state index contributed by atoms with van der Waals surface area (Å²) in [5.74, 6) is 1.47.